The summed E-state index contributed by atoms with van der Waals surface area (Å²) in [6, 6.07) is 13.9. The molecular formula is C24H24F2N6O4. The van der Waals surface area contributed by atoms with E-state index in [4.69, 9.17) is 4.52 Å². The zero-order valence-electron chi connectivity index (χ0n) is 19.2. The maximum atomic E-state index is 12.2. The first-order chi connectivity index (χ1) is 17.5. The fourth-order valence-corrected chi connectivity index (χ4v) is 3.51. The molecular weight excluding hydrogens is 474 g/mol. The molecule has 188 valence electrons. The van der Waals surface area contributed by atoms with Gasteiger partial charge in [-0.2, -0.15) is 18.9 Å². The lowest BCUT2D eigenvalue weighted by atomic mass is 10.1. The zero-order chi connectivity index (χ0) is 25.3. The summed E-state index contributed by atoms with van der Waals surface area (Å²) in [7, 11) is 0. The number of hydrogen-bond donors (Lipinski definition) is 3. The average Bonchev–Trinajstić information content (AvgIpc) is 3.37. The molecule has 2 heterocycles. The van der Waals surface area contributed by atoms with Crippen LogP contribution in [0.15, 0.2) is 57.8 Å². The lowest BCUT2D eigenvalue weighted by Gasteiger charge is -2.08. The van der Waals surface area contributed by atoms with Crippen molar-refractivity contribution in [1.29, 1.82) is 0 Å². The number of ether oxygens (including phenoxy) is 1. The quantitative estimate of drug-likeness (QED) is 0.253. The zero-order valence-corrected chi connectivity index (χ0v) is 19.2. The number of aromatic nitrogens is 4. The van der Waals surface area contributed by atoms with Crippen molar-refractivity contribution in [3.05, 3.63) is 70.3 Å². The fourth-order valence-electron chi connectivity index (χ4n) is 3.51. The van der Waals surface area contributed by atoms with Gasteiger partial charge in [-0.05, 0) is 24.1 Å². The minimum Gasteiger partial charge on any atom is -0.368 e. The Kier molecular flexibility index (Phi) is 8.29. The summed E-state index contributed by atoms with van der Waals surface area (Å²) in [4.78, 5) is 28.3. The van der Waals surface area contributed by atoms with Gasteiger partial charge in [0.15, 0.2) is 5.82 Å². The van der Waals surface area contributed by atoms with Crippen LogP contribution in [0.4, 0.5) is 14.6 Å². The molecule has 3 N–H and O–H groups in total. The van der Waals surface area contributed by atoms with Crippen molar-refractivity contribution in [3.8, 4) is 11.4 Å². The Morgan fingerprint density at radius 2 is 1.94 bits per heavy atom. The molecule has 1 amide bonds. The number of carbonyl (C=O) groups excluding carboxylic acids is 1. The van der Waals surface area contributed by atoms with E-state index in [1.54, 1.807) is 36.4 Å². The van der Waals surface area contributed by atoms with Gasteiger partial charge in [0.05, 0.1) is 12.0 Å². The number of nitrogens with zero attached hydrogens (tertiary/aromatic N) is 3. The molecule has 0 atom stereocenters. The van der Waals surface area contributed by atoms with Crippen LogP contribution in [-0.4, -0.2) is 45.9 Å². The largest absolute Gasteiger partial charge is 0.368 e. The standard InChI is InChI=1S/C24H24F2N6O4/c25-24(26)35-14-15-5-3-6-16(13-15)21-29-20(36-32-21)10-9-19(33)27-11-4-12-28-22-17-7-1-2-8-18(17)23(34)31-30-22/h1-3,5-8,13,24H,4,9-12,14H2,(H,27,33)(H,28,30)(H,31,34). The summed E-state index contributed by atoms with van der Waals surface area (Å²) in [5.41, 5.74) is 0.907. The molecule has 10 nitrogen and oxygen atoms in total. The maximum Gasteiger partial charge on any atom is 0.345 e. The van der Waals surface area contributed by atoms with Gasteiger partial charge in [0.25, 0.3) is 5.56 Å². The Morgan fingerprint density at radius 3 is 2.78 bits per heavy atom. The molecule has 0 aliphatic carbocycles. The van der Waals surface area contributed by atoms with Crippen LogP contribution in [0.25, 0.3) is 22.2 Å². The van der Waals surface area contributed by atoms with Crippen LogP contribution in [0.5, 0.6) is 0 Å². The van der Waals surface area contributed by atoms with Gasteiger partial charge in [-0.15, -0.1) is 0 Å². The van der Waals surface area contributed by atoms with Gasteiger partial charge in [0.1, 0.15) is 0 Å². The third kappa shape index (κ3) is 6.69. The van der Waals surface area contributed by atoms with Crippen LogP contribution in [-0.2, 0) is 22.6 Å². The number of halogens is 2. The molecule has 36 heavy (non-hydrogen) atoms. The normalized spacial score (nSPS) is 11.2. The van der Waals surface area contributed by atoms with Crippen molar-refractivity contribution in [2.24, 2.45) is 0 Å². The third-order valence-corrected chi connectivity index (χ3v) is 5.26. The Labute approximate surface area is 204 Å². The lowest BCUT2D eigenvalue weighted by Crippen LogP contribution is -2.26. The molecule has 0 saturated heterocycles. The van der Waals surface area contributed by atoms with Crippen molar-refractivity contribution in [3.63, 3.8) is 0 Å². The summed E-state index contributed by atoms with van der Waals surface area (Å²) in [6.45, 7) is -2.07. The van der Waals surface area contributed by atoms with Crippen molar-refractivity contribution in [2.75, 3.05) is 18.4 Å². The molecule has 0 spiro atoms. The predicted octanol–water partition coefficient (Wildman–Crippen LogP) is 3.26. The Balaban J connectivity index is 1.19. The van der Waals surface area contributed by atoms with Gasteiger partial charge in [-0.3, -0.25) is 9.59 Å². The Morgan fingerprint density at radius 1 is 1.11 bits per heavy atom. The SMILES string of the molecule is O=C(CCc1nc(-c2cccc(COC(F)F)c2)no1)NCCCNc1n[nH]c(=O)c2ccccc12. The number of fused-ring (bicyclic) bond motifs is 1. The minimum absolute atomic E-state index is 0.159. The van der Waals surface area contributed by atoms with E-state index in [9.17, 15) is 18.4 Å². The van der Waals surface area contributed by atoms with Crippen LogP contribution in [0.3, 0.4) is 0 Å². The predicted molar refractivity (Wildman–Crippen MR) is 127 cm³/mol. The van der Waals surface area contributed by atoms with Gasteiger partial charge < -0.3 is 19.9 Å². The molecule has 0 aliphatic heterocycles. The number of H-pyrrole nitrogens is 1. The first-order valence-electron chi connectivity index (χ1n) is 11.3. The van der Waals surface area contributed by atoms with E-state index in [0.717, 1.165) is 5.39 Å². The second kappa shape index (κ2) is 12.0. The molecule has 4 rings (SSSR count). The van der Waals surface area contributed by atoms with Crippen LogP contribution in [0.2, 0.25) is 0 Å². The first-order valence-corrected chi connectivity index (χ1v) is 11.3. The number of aryl methyl sites for hydroxylation is 1. The number of nitrogens with one attached hydrogen (secondary N) is 3. The molecule has 2 aromatic heterocycles. The van der Waals surface area contributed by atoms with Gasteiger partial charge in [0.2, 0.25) is 17.6 Å². The highest BCUT2D eigenvalue weighted by Gasteiger charge is 2.12. The number of hydrogen-bond acceptors (Lipinski definition) is 8. The molecule has 12 heteroatoms. The smallest absolute Gasteiger partial charge is 0.345 e. The van der Waals surface area contributed by atoms with Gasteiger partial charge >= 0.3 is 6.61 Å². The highest BCUT2D eigenvalue weighted by molar-refractivity contribution is 5.90. The maximum absolute atomic E-state index is 12.2. The third-order valence-electron chi connectivity index (χ3n) is 5.26. The van der Waals surface area contributed by atoms with Crippen LogP contribution < -0.4 is 16.2 Å². The Hall–Kier alpha value is -4.19. The highest BCUT2D eigenvalue weighted by Crippen LogP contribution is 2.19. The van der Waals surface area contributed by atoms with Crippen molar-refractivity contribution < 1.29 is 22.8 Å². The fraction of sp³-hybridized carbons (Fsp3) is 0.292. The summed E-state index contributed by atoms with van der Waals surface area (Å²) in [5.74, 6) is 1.02. The van der Waals surface area contributed by atoms with E-state index in [2.05, 4.69) is 35.7 Å². The molecule has 0 fully saturated rings. The summed E-state index contributed by atoms with van der Waals surface area (Å²) in [5, 5.41) is 17.7. The number of aromatic amines is 1. The summed E-state index contributed by atoms with van der Waals surface area (Å²) < 4.78 is 34.0. The number of benzene rings is 2. The van der Waals surface area contributed by atoms with Crippen molar-refractivity contribution in [1.82, 2.24) is 25.7 Å². The lowest BCUT2D eigenvalue weighted by molar-refractivity contribution is -0.137. The first kappa shape index (κ1) is 24.9. The van der Waals surface area contributed by atoms with Crippen LogP contribution >= 0.6 is 0 Å². The monoisotopic (exact) mass is 498 g/mol. The van der Waals surface area contributed by atoms with Crippen LogP contribution in [0, 0.1) is 0 Å². The molecule has 0 saturated carbocycles. The van der Waals surface area contributed by atoms with E-state index in [-0.39, 0.29) is 30.9 Å². The highest BCUT2D eigenvalue weighted by atomic mass is 19.3. The number of carbonyl (C=O) groups is 1. The van der Waals surface area contributed by atoms with E-state index in [1.165, 1.54) is 0 Å². The topological polar surface area (TPSA) is 135 Å². The number of rotatable bonds is 12. The molecule has 0 radical (unpaired) electrons. The number of alkyl halides is 2. The molecule has 2 aromatic carbocycles. The minimum atomic E-state index is -2.85. The summed E-state index contributed by atoms with van der Waals surface area (Å²) in [6.07, 6.45) is 1.08. The van der Waals surface area contributed by atoms with Gasteiger partial charge in [-0.1, -0.05) is 41.6 Å². The van der Waals surface area contributed by atoms with E-state index >= 15 is 0 Å². The Bertz CT molecular complexity index is 1370. The second-order valence-electron chi connectivity index (χ2n) is 7.86. The molecule has 4 aromatic rings. The van der Waals surface area contributed by atoms with Gasteiger partial charge in [-0.25, -0.2) is 5.10 Å². The van der Waals surface area contributed by atoms with E-state index in [1.807, 2.05) is 12.1 Å². The van der Waals surface area contributed by atoms with Crippen LogP contribution in [0.1, 0.15) is 24.3 Å². The average molecular weight is 498 g/mol. The summed E-state index contributed by atoms with van der Waals surface area (Å²) >= 11 is 0. The molecule has 0 unspecified atom stereocenters. The van der Waals surface area contributed by atoms with Crippen molar-refractivity contribution >= 4 is 22.5 Å². The van der Waals surface area contributed by atoms with Crippen molar-refractivity contribution in [2.45, 2.75) is 32.5 Å². The van der Waals surface area contributed by atoms with Gasteiger partial charge in [0, 0.05) is 36.9 Å². The number of amides is 1. The molecule has 0 aliphatic rings. The van der Waals surface area contributed by atoms with E-state index in [0.29, 0.717) is 53.6 Å². The molecule has 0 bridgehead atoms. The number of anilines is 1. The van der Waals surface area contributed by atoms with E-state index < -0.39 is 6.61 Å². The second-order valence-corrected chi connectivity index (χ2v) is 7.86.